The minimum atomic E-state index is 0.0474. The molecular formula is C21H22N4O2. The number of ether oxygens (including phenoxy) is 1. The number of likely N-dealkylation sites (tertiary alicyclic amines) is 1. The van der Waals surface area contributed by atoms with E-state index >= 15 is 0 Å². The minimum Gasteiger partial charge on any atom is -0.497 e. The zero-order chi connectivity index (χ0) is 18.6. The molecule has 1 saturated heterocycles. The lowest BCUT2D eigenvalue weighted by Gasteiger charge is -2.32. The number of benzene rings is 1. The molecule has 0 radical (unpaired) electrons. The highest BCUT2D eigenvalue weighted by Gasteiger charge is 2.24. The van der Waals surface area contributed by atoms with Crippen molar-refractivity contribution in [2.75, 3.05) is 25.5 Å². The Kier molecular flexibility index (Phi) is 4.87. The van der Waals surface area contributed by atoms with Gasteiger partial charge in [0.2, 0.25) is 0 Å². The van der Waals surface area contributed by atoms with Gasteiger partial charge in [-0.1, -0.05) is 18.2 Å². The monoisotopic (exact) mass is 362 g/mol. The summed E-state index contributed by atoms with van der Waals surface area (Å²) >= 11 is 0. The number of carbonyl (C=O) groups excluding carboxylic acids is 1. The van der Waals surface area contributed by atoms with Gasteiger partial charge in [-0.15, -0.1) is 0 Å². The lowest BCUT2D eigenvalue weighted by molar-refractivity contribution is 0.0718. The molecular weight excluding hydrogens is 340 g/mol. The first-order valence-corrected chi connectivity index (χ1v) is 9.13. The van der Waals surface area contributed by atoms with Crippen molar-refractivity contribution in [2.45, 2.75) is 18.9 Å². The van der Waals surface area contributed by atoms with E-state index < -0.39 is 0 Å². The minimum absolute atomic E-state index is 0.0474. The van der Waals surface area contributed by atoms with Crippen LogP contribution in [0.3, 0.4) is 0 Å². The molecule has 0 saturated carbocycles. The number of anilines is 1. The van der Waals surface area contributed by atoms with Gasteiger partial charge in [-0.2, -0.15) is 0 Å². The van der Waals surface area contributed by atoms with Crippen LogP contribution in [0.5, 0.6) is 5.75 Å². The number of hydrogen-bond donors (Lipinski definition) is 1. The molecule has 0 atom stereocenters. The Hall–Kier alpha value is -3.15. The predicted octanol–water partition coefficient (Wildman–Crippen LogP) is 3.36. The molecule has 4 rings (SSSR count). The van der Waals surface area contributed by atoms with E-state index in [0.717, 1.165) is 35.3 Å². The average Bonchev–Trinajstić information content (AvgIpc) is 2.73. The van der Waals surface area contributed by atoms with Gasteiger partial charge in [0.05, 0.1) is 18.2 Å². The van der Waals surface area contributed by atoms with Gasteiger partial charge >= 0.3 is 0 Å². The fraction of sp³-hybridized carbons (Fsp3) is 0.286. The third kappa shape index (κ3) is 3.84. The molecule has 1 fully saturated rings. The number of pyridine rings is 2. The van der Waals surface area contributed by atoms with E-state index in [1.165, 1.54) is 0 Å². The van der Waals surface area contributed by atoms with Crippen LogP contribution in [0.4, 0.5) is 5.82 Å². The number of amides is 1. The number of methoxy groups -OCH3 is 1. The Labute approximate surface area is 158 Å². The van der Waals surface area contributed by atoms with Crippen LogP contribution in [0, 0.1) is 0 Å². The van der Waals surface area contributed by atoms with Gasteiger partial charge in [0, 0.05) is 43.0 Å². The highest BCUT2D eigenvalue weighted by Crippen LogP contribution is 2.20. The lowest BCUT2D eigenvalue weighted by Crippen LogP contribution is -2.42. The van der Waals surface area contributed by atoms with Crippen LogP contribution < -0.4 is 10.1 Å². The van der Waals surface area contributed by atoms with Gasteiger partial charge in [0.1, 0.15) is 11.6 Å². The molecule has 0 spiro atoms. The first-order valence-electron chi connectivity index (χ1n) is 9.13. The number of nitrogens with zero attached hydrogens (tertiary/aromatic N) is 3. The van der Waals surface area contributed by atoms with Crippen LogP contribution >= 0.6 is 0 Å². The van der Waals surface area contributed by atoms with Gasteiger partial charge in [-0.05, 0) is 31.0 Å². The van der Waals surface area contributed by atoms with E-state index in [1.807, 2.05) is 47.4 Å². The second kappa shape index (κ2) is 7.61. The van der Waals surface area contributed by atoms with Crippen molar-refractivity contribution < 1.29 is 9.53 Å². The van der Waals surface area contributed by atoms with Crippen molar-refractivity contribution in [3.63, 3.8) is 0 Å². The number of nitrogens with one attached hydrogen (secondary N) is 1. The number of hydrogen-bond acceptors (Lipinski definition) is 5. The van der Waals surface area contributed by atoms with Crippen LogP contribution in [0.2, 0.25) is 0 Å². The average molecular weight is 362 g/mol. The third-order valence-electron chi connectivity index (χ3n) is 4.94. The van der Waals surface area contributed by atoms with Crippen LogP contribution in [0.25, 0.3) is 10.9 Å². The molecule has 6 nitrogen and oxygen atoms in total. The summed E-state index contributed by atoms with van der Waals surface area (Å²) in [5, 5.41) is 4.43. The first-order chi connectivity index (χ1) is 13.2. The smallest absolute Gasteiger partial charge is 0.255 e. The molecule has 0 aliphatic carbocycles. The predicted molar refractivity (Wildman–Crippen MR) is 105 cm³/mol. The SMILES string of the molecule is COc1ccnc(NC2CCN(C(=O)c3cnc4ccccc4c3)CC2)c1. The third-order valence-corrected chi connectivity index (χ3v) is 4.94. The number of aromatic nitrogens is 2. The number of rotatable bonds is 4. The number of piperidine rings is 1. The summed E-state index contributed by atoms with van der Waals surface area (Å²) in [4.78, 5) is 23.5. The Balaban J connectivity index is 1.38. The topological polar surface area (TPSA) is 67.3 Å². The summed E-state index contributed by atoms with van der Waals surface area (Å²) in [6.45, 7) is 1.43. The van der Waals surface area contributed by atoms with E-state index in [4.69, 9.17) is 4.74 Å². The second-order valence-electron chi connectivity index (χ2n) is 6.71. The second-order valence-corrected chi connectivity index (χ2v) is 6.71. The Morgan fingerprint density at radius 3 is 2.78 bits per heavy atom. The van der Waals surface area contributed by atoms with Crippen LogP contribution in [0.15, 0.2) is 54.9 Å². The maximum Gasteiger partial charge on any atom is 0.255 e. The van der Waals surface area contributed by atoms with E-state index in [9.17, 15) is 4.79 Å². The van der Waals surface area contributed by atoms with E-state index in [2.05, 4.69) is 15.3 Å². The van der Waals surface area contributed by atoms with Crippen molar-refractivity contribution in [3.8, 4) is 5.75 Å². The van der Waals surface area contributed by atoms with Crippen molar-refractivity contribution in [1.82, 2.24) is 14.9 Å². The summed E-state index contributed by atoms with van der Waals surface area (Å²) in [6.07, 6.45) is 5.17. The van der Waals surface area contributed by atoms with Gasteiger partial charge in [-0.3, -0.25) is 9.78 Å². The molecule has 1 aliphatic heterocycles. The molecule has 2 aromatic heterocycles. The van der Waals surface area contributed by atoms with Crippen molar-refractivity contribution >= 4 is 22.6 Å². The van der Waals surface area contributed by atoms with E-state index in [-0.39, 0.29) is 5.91 Å². The number of para-hydroxylation sites is 1. The lowest BCUT2D eigenvalue weighted by atomic mass is 10.0. The Bertz CT molecular complexity index is 952. The van der Waals surface area contributed by atoms with Crippen LogP contribution in [0.1, 0.15) is 23.2 Å². The van der Waals surface area contributed by atoms with Crippen molar-refractivity contribution in [3.05, 3.63) is 60.4 Å². The van der Waals surface area contributed by atoms with Gasteiger partial charge in [-0.25, -0.2) is 4.98 Å². The summed E-state index contributed by atoms with van der Waals surface area (Å²) in [6, 6.07) is 13.8. The highest BCUT2D eigenvalue weighted by molar-refractivity contribution is 5.97. The first kappa shape index (κ1) is 17.3. The van der Waals surface area contributed by atoms with Crippen LogP contribution in [-0.4, -0.2) is 47.0 Å². The molecule has 1 aromatic carbocycles. The largest absolute Gasteiger partial charge is 0.497 e. The van der Waals surface area contributed by atoms with E-state index in [0.29, 0.717) is 24.7 Å². The number of carbonyl (C=O) groups is 1. The van der Waals surface area contributed by atoms with Crippen molar-refractivity contribution in [1.29, 1.82) is 0 Å². The molecule has 1 N–H and O–H groups in total. The zero-order valence-electron chi connectivity index (χ0n) is 15.3. The fourth-order valence-corrected chi connectivity index (χ4v) is 3.42. The zero-order valence-corrected chi connectivity index (χ0v) is 15.3. The normalized spacial score (nSPS) is 14.9. The molecule has 1 amide bonds. The summed E-state index contributed by atoms with van der Waals surface area (Å²) in [5.74, 6) is 1.63. The molecule has 138 valence electrons. The molecule has 27 heavy (non-hydrogen) atoms. The Morgan fingerprint density at radius 2 is 1.96 bits per heavy atom. The molecule has 0 bridgehead atoms. The quantitative estimate of drug-likeness (QED) is 0.771. The van der Waals surface area contributed by atoms with Crippen LogP contribution in [-0.2, 0) is 0 Å². The van der Waals surface area contributed by atoms with Gasteiger partial charge < -0.3 is 15.0 Å². The van der Waals surface area contributed by atoms with Gasteiger partial charge in [0.15, 0.2) is 0 Å². The maximum atomic E-state index is 12.8. The molecule has 6 heteroatoms. The summed E-state index contributed by atoms with van der Waals surface area (Å²) < 4.78 is 5.23. The number of fused-ring (bicyclic) bond motifs is 1. The van der Waals surface area contributed by atoms with Gasteiger partial charge in [0.25, 0.3) is 5.91 Å². The molecule has 0 unspecified atom stereocenters. The molecule has 3 aromatic rings. The van der Waals surface area contributed by atoms with E-state index in [1.54, 1.807) is 19.5 Å². The summed E-state index contributed by atoms with van der Waals surface area (Å²) in [5.41, 5.74) is 1.55. The standard InChI is InChI=1S/C21H22N4O2/c1-27-18-6-9-22-20(13-18)24-17-7-10-25(11-8-17)21(26)16-12-15-4-2-3-5-19(15)23-14-16/h2-6,9,12-14,17H,7-8,10-11H2,1H3,(H,22,24). The maximum absolute atomic E-state index is 12.8. The Morgan fingerprint density at radius 1 is 1.15 bits per heavy atom. The molecule has 1 aliphatic rings. The highest BCUT2D eigenvalue weighted by atomic mass is 16.5. The van der Waals surface area contributed by atoms with Crippen molar-refractivity contribution in [2.24, 2.45) is 0 Å². The summed E-state index contributed by atoms with van der Waals surface area (Å²) in [7, 11) is 1.64. The fourth-order valence-electron chi connectivity index (χ4n) is 3.42. The molecule has 3 heterocycles.